The van der Waals surface area contributed by atoms with E-state index in [1.165, 1.54) is 12.0 Å². The van der Waals surface area contributed by atoms with Crippen LogP contribution in [0.2, 0.25) is 0 Å². The summed E-state index contributed by atoms with van der Waals surface area (Å²) in [5.74, 6) is 3.56. The van der Waals surface area contributed by atoms with Crippen LogP contribution in [-0.4, -0.2) is 38.4 Å². The third-order valence-corrected chi connectivity index (χ3v) is 4.63. The van der Waals surface area contributed by atoms with Crippen LogP contribution in [0.25, 0.3) is 0 Å². The van der Waals surface area contributed by atoms with Gasteiger partial charge in [-0.1, -0.05) is 6.92 Å². The van der Waals surface area contributed by atoms with Crippen molar-refractivity contribution in [2.24, 2.45) is 17.6 Å². The Labute approximate surface area is 126 Å². The van der Waals surface area contributed by atoms with Crippen LogP contribution < -0.4 is 19.9 Å². The van der Waals surface area contributed by atoms with Gasteiger partial charge in [-0.2, -0.15) is 0 Å². The van der Waals surface area contributed by atoms with Crippen molar-refractivity contribution in [3.63, 3.8) is 0 Å². The molecule has 0 aromatic heterocycles. The van der Waals surface area contributed by atoms with E-state index in [0.717, 1.165) is 43.6 Å². The molecule has 2 heterocycles. The number of nitrogens with two attached hydrogens (primary N) is 1. The number of benzene rings is 1. The van der Waals surface area contributed by atoms with Crippen LogP contribution in [0.1, 0.15) is 18.9 Å². The lowest BCUT2D eigenvalue weighted by Gasteiger charge is -2.36. The minimum Gasteiger partial charge on any atom is -0.493 e. The van der Waals surface area contributed by atoms with Crippen LogP contribution in [0.5, 0.6) is 17.2 Å². The summed E-state index contributed by atoms with van der Waals surface area (Å²) in [6.07, 6.45) is 1.21. The Hall–Kier alpha value is -1.46. The maximum absolute atomic E-state index is 5.89. The van der Waals surface area contributed by atoms with Gasteiger partial charge in [-0.25, -0.2) is 0 Å². The van der Waals surface area contributed by atoms with Crippen molar-refractivity contribution < 1.29 is 14.2 Å². The third-order valence-electron chi connectivity index (χ3n) is 4.63. The first-order valence-electron chi connectivity index (χ1n) is 7.60. The second-order valence-corrected chi connectivity index (χ2v) is 6.03. The number of nitrogens with zero attached hydrogens (tertiary/aromatic N) is 1. The predicted octanol–water partition coefficient (Wildman–Crippen LogP) is 1.84. The second kappa shape index (κ2) is 6.12. The van der Waals surface area contributed by atoms with Gasteiger partial charge < -0.3 is 19.9 Å². The monoisotopic (exact) mass is 292 g/mol. The van der Waals surface area contributed by atoms with Gasteiger partial charge in [0.05, 0.1) is 7.11 Å². The highest BCUT2D eigenvalue weighted by Crippen LogP contribution is 2.42. The summed E-state index contributed by atoms with van der Waals surface area (Å²) in [5.41, 5.74) is 7.08. The van der Waals surface area contributed by atoms with E-state index in [0.29, 0.717) is 11.7 Å². The highest BCUT2D eigenvalue weighted by Gasteiger charge is 2.26. The normalized spacial score (nSPS) is 25.1. The Balaban J connectivity index is 1.73. The van der Waals surface area contributed by atoms with Gasteiger partial charge in [0.1, 0.15) is 0 Å². The number of fused-ring (bicyclic) bond motifs is 1. The smallest absolute Gasteiger partial charge is 0.231 e. The van der Waals surface area contributed by atoms with Crippen LogP contribution >= 0.6 is 0 Å². The minimum absolute atomic E-state index is 0.269. The Morgan fingerprint density at radius 1 is 1.38 bits per heavy atom. The fourth-order valence-electron chi connectivity index (χ4n) is 3.21. The third kappa shape index (κ3) is 2.94. The highest BCUT2D eigenvalue weighted by molar-refractivity contribution is 5.55. The molecule has 2 N–H and O–H groups in total. The quantitative estimate of drug-likeness (QED) is 0.917. The summed E-state index contributed by atoms with van der Waals surface area (Å²) in [5, 5.41) is 0. The summed E-state index contributed by atoms with van der Waals surface area (Å²) >= 11 is 0. The van der Waals surface area contributed by atoms with Gasteiger partial charge in [0.2, 0.25) is 12.5 Å². The summed E-state index contributed by atoms with van der Waals surface area (Å²) in [6, 6.07) is 4.10. The first-order chi connectivity index (χ1) is 10.2. The van der Waals surface area contributed by atoms with Gasteiger partial charge in [-0.3, -0.25) is 4.90 Å². The Bertz CT molecular complexity index is 507. The molecule has 2 unspecified atom stereocenters. The number of hydrogen-bond donors (Lipinski definition) is 1. The summed E-state index contributed by atoms with van der Waals surface area (Å²) < 4.78 is 16.3. The van der Waals surface area contributed by atoms with E-state index in [2.05, 4.69) is 17.9 Å². The zero-order valence-electron chi connectivity index (χ0n) is 12.8. The molecule has 3 rings (SSSR count). The molecular formula is C16H24N2O3. The number of hydrogen-bond acceptors (Lipinski definition) is 5. The van der Waals surface area contributed by atoms with Crippen molar-refractivity contribution in [1.29, 1.82) is 0 Å². The number of piperidine rings is 1. The molecule has 1 aromatic rings. The summed E-state index contributed by atoms with van der Waals surface area (Å²) in [4.78, 5) is 2.47. The average Bonchev–Trinajstić information content (AvgIpc) is 2.96. The van der Waals surface area contributed by atoms with Crippen LogP contribution in [0.4, 0.5) is 0 Å². The topological polar surface area (TPSA) is 57.0 Å². The molecule has 2 atom stereocenters. The molecule has 21 heavy (non-hydrogen) atoms. The number of methoxy groups -OCH3 is 1. The molecule has 0 spiro atoms. The van der Waals surface area contributed by atoms with E-state index in [9.17, 15) is 0 Å². The maximum Gasteiger partial charge on any atom is 0.231 e. The lowest BCUT2D eigenvalue weighted by Crippen LogP contribution is -2.42. The number of likely N-dealkylation sites (tertiary alicyclic amines) is 1. The molecule has 5 nitrogen and oxygen atoms in total. The molecule has 1 aromatic carbocycles. The summed E-state index contributed by atoms with van der Waals surface area (Å²) in [7, 11) is 1.66. The second-order valence-electron chi connectivity index (χ2n) is 6.03. The molecule has 0 radical (unpaired) electrons. The molecule has 0 saturated carbocycles. The Kier molecular flexibility index (Phi) is 4.22. The van der Waals surface area contributed by atoms with Crippen molar-refractivity contribution in [3.8, 4) is 17.2 Å². The first kappa shape index (κ1) is 14.5. The fraction of sp³-hybridized carbons (Fsp3) is 0.625. The maximum atomic E-state index is 5.89. The lowest BCUT2D eigenvalue weighted by molar-refractivity contribution is 0.126. The van der Waals surface area contributed by atoms with Crippen molar-refractivity contribution in [3.05, 3.63) is 17.7 Å². The van der Waals surface area contributed by atoms with E-state index in [-0.39, 0.29) is 6.79 Å². The zero-order valence-corrected chi connectivity index (χ0v) is 12.8. The van der Waals surface area contributed by atoms with E-state index < -0.39 is 0 Å². The number of rotatable bonds is 4. The van der Waals surface area contributed by atoms with Gasteiger partial charge >= 0.3 is 0 Å². The van der Waals surface area contributed by atoms with Crippen LogP contribution in [0, 0.1) is 11.8 Å². The van der Waals surface area contributed by atoms with Crippen molar-refractivity contribution >= 4 is 0 Å². The fourth-order valence-corrected chi connectivity index (χ4v) is 3.21. The predicted molar refractivity (Wildman–Crippen MR) is 80.7 cm³/mol. The standard InChI is InChI=1S/C16H24N2O3/c1-11-3-4-18(9-13(11)7-17)8-12-5-14(19-2)16-15(6-12)20-10-21-16/h5-6,11,13H,3-4,7-10,17H2,1-2H3. The van der Waals surface area contributed by atoms with Crippen molar-refractivity contribution in [2.75, 3.05) is 33.5 Å². The molecular weight excluding hydrogens is 268 g/mol. The van der Waals surface area contributed by atoms with Gasteiger partial charge in [-0.05, 0) is 49.0 Å². The van der Waals surface area contributed by atoms with Crippen LogP contribution in [0.3, 0.4) is 0 Å². The van der Waals surface area contributed by atoms with E-state index in [1.54, 1.807) is 7.11 Å². The van der Waals surface area contributed by atoms with Crippen molar-refractivity contribution in [1.82, 2.24) is 4.90 Å². The minimum atomic E-state index is 0.269. The summed E-state index contributed by atoms with van der Waals surface area (Å²) in [6.45, 7) is 6.42. The molecule has 1 fully saturated rings. The largest absolute Gasteiger partial charge is 0.493 e. The first-order valence-corrected chi connectivity index (χ1v) is 7.60. The van der Waals surface area contributed by atoms with E-state index >= 15 is 0 Å². The molecule has 2 aliphatic heterocycles. The van der Waals surface area contributed by atoms with Crippen LogP contribution in [-0.2, 0) is 6.54 Å². The molecule has 2 aliphatic rings. The SMILES string of the molecule is COc1cc(CN2CCC(C)C(CN)C2)cc2c1OCO2. The molecule has 0 aliphatic carbocycles. The van der Waals surface area contributed by atoms with Gasteiger partial charge in [0, 0.05) is 13.1 Å². The Morgan fingerprint density at radius 2 is 2.24 bits per heavy atom. The van der Waals surface area contributed by atoms with Gasteiger partial charge in [0.15, 0.2) is 11.5 Å². The zero-order chi connectivity index (χ0) is 14.8. The molecule has 0 bridgehead atoms. The van der Waals surface area contributed by atoms with Crippen LogP contribution in [0.15, 0.2) is 12.1 Å². The van der Waals surface area contributed by atoms with Crippen molar-refractivity contribution in [2.45, 2.75) is 19.9 Å². The highest BCUT2D eigenvalue weighted by atomic mass is 16.7. The van der Waals surface area contributed by atoms with E-state index in [4.69, 9.17) is 19.9 Å². The molecule has 116 valence electrons. The van der Waals surface area contributed by atoms with Gasteiger partial charge in [-0.15, -0.1) is 0 Å². The Morgan fingerprint density at radius 3 is 3.00 bits per heavy atom. The molecule has 0 amide bonds. The average molecular weight is 292 g/mol. The molecule has 1 saturated heterocycles. The number of ether oxygens (including phenoxy) is 3. The van der Waals surface area contributed by atoms with Gasteiger partial charge in [0.25, 0.3) is 0 Å². The molecule has 5 heteroatoms. The van der Waals surface area contributed by atoms with E-state index in [1.807, 2.05) is 6.07 Å². The lowest BCUT2D eigenvalue weighted by atomic mass is 9.87.